The van der Waals surface area contributed by atoms with Gasteiger partial charge in [0.25, 0.3) is 0 Å². The van der Waals surface area contributed by atoms with Crippen LogP contribution in [-0.2, 0) is 16.1 Å². The van der Waals surface area contributed by atoms with E-state index >= 15 is 0 Å². The molecule has 0 fully saturated rings. The molecule has 0 heterocycles. The largest absolute Gasteiger partial charge is 0.380 e. The zero-order chi connectivity index (χ0) is 12.7. The molecule has 1 rings (SSSR count). The second kappa shape index (κ2) is 9.33. The van der Waals surface area contributed by atoms with Crippen LogP contribution in [0.15, 0.2) is 28.7 Å². The molecule has 0 spiro atoms. The van der Waals surface area contributed by atoms with Gasteiger partial charge in [0.2, 0.25) is 5.91 Å². The molecule has 1 aromatic rings. The van der Waals surface area contributed by atoms with Gasteiger partial charge < -0.3 is 15.8 Å². The van der Waals surface area contributed by atoms with Crippen LogP contribution in [0.2, 0.25) is 0 Å². The maximum atomic E-state index is 11.6. The van der Waals surface area contributed by atoms with Crippen LogP contribution in [0, 0.1) is 0 Å². The highest BCUT2D eigenvalue weighted by Gasteiger charge is 2.10. The van der Waals surface area contributed by atoms with Crippen LogP contribution in [0.3, 0.4) is 0 Å². The van der Waals surface area contributed by atoms with Gasteiger partial charge in [-0.2, -0.15) is 0 Å². The molecule has 0 bridgehead atoms. The number of nitrogens with two attached hydrogens (primary N) is 1. The zero-order valence-electron chi connectivity index (χ0n) is 10.2. The van der Waals surface area contributed by atoms with Crippen LogP contribution in [0.1, 0.15) is 12.0 Å². The Morgan fingerprint density at radius 1 is 1.44 bits per heavy atom. The van der Waals surface area contributed by atoms with E-state index in [-0.39, 0.29) is 24.4 Å². The molecule has 0 aliphatic carbocycles. The van der Waals surface area contributed by atoms with Gasteiger partial charge in [0, 0.05) is 24.7 Å². The van der Waals surface area contributed by atoms with Crippen molar-refractivity contribution in [2.45, 2.75) is 19.1 Å². The van der Waals surface area contributed by atoms with E-state index in [0.717, 1.165) is 10.0 Å². The number of halogens is 2. The Hall–Kier alpha value is -0.620. The average molecular weight is 338 g/mol. The first-order valence-electron chi connectivity index (χ1n) is 5.39. The summed E-state index contributed by atoms with van der Waals surface area (Å²) in [4.78, 5) is 11.6. The topological polar surface area (TPSA) is 64.3 Å². The van der Waals surface area contributed by atoms with Gasteiger partial charge in [-0.05, 0) is 17.7 Å². The monoisotopic (exact) mass is 336 g/mol. The summed E-state index contributed by atoms with van der Waals surface area (Å²) in [5, 5.41) is 2.83. The molecule has 0 radical (unpaired) electrons. The van der Waals surface area contributed by atoms with Gasteiger partial charge in [-0.1, -0.05) is 28.1 Å². The second-order valence-corrected chi connectivity index (χ2v) is 4.62. The quantitative estimate of drug-likeness (QED) is 0.832. The maximum absolute atomic E-state index is 11.6. The van der Waals surface area contributed by atoms with Crippen molar-refractivity contribution >= 4 is 34.2 Å². The Bertz CT molecular complexity index is 356. The number of amides is 1. The van der Waals surface area contributed by atoms with Crippen molar-refractivity contribution in [3.63, 3.8) is 0 Å². The molecule has 0 saturated heterocycles. The number of benzene rings is 1. The molecule has 1 unspecified atom stereocenters. The molecular weight excluding hydrogens is 320 g/mol. The molecule has 0 aliphatic heterocycles. The van der Waals surface area contributed by atoms with Gasteiger partial charge >= 0.3 is 0 Å². The Morgan fingerprint density at radius 2 is 2.06 bits per heavy atom. The maximum Gasteiger partial charge on any atom is 0.222 e. The van der Waals surface area contributed by atoms with Crippen molar-refractivity contribution in [1.82, 2.24) is 5.32 Å². The van der Waals surface area contributed by atoms with E-state index < -0.39 is 0 Å². The highest BCUT2D eigenvalue weighted by Crippen LogP contribution is 2.10. The fourth-order valence-corrected chi connectivity index (χ4v) is 1.61. The summed E-state index contributed by atoms with van der Waals surface area (Å²) in [5.74, 6) is -0.0507. The molecule has 102 valence electrons. The van der Waals surface area contributed by atoms with E-state index in [9.17, 15) is 4.79 Å². The van der Waals surface area contributed by atoms with Crippen molar-refractivity contribution < 1.29 is 9.53 Å². The zero-order valence-corrected chi connectivity index (χ0v) is 12.6. The molecule has 1 amide bonds. The lowest BCUT2D eigenvalue weighted by molar-refractivity contribution is -0.123. The van der Waals surface area contributed by atoms with E-state index in [2.05, 4.69) is 21.2 Å². The molecule has 3 N–H and O–H groups in total. The minimum Gasteiger partial charge on any atom is -0.380 e. The Balaban J connectivity index is 0.00000289. The number of methoxy groups -OCH3 is 1. The minimum absolute atomic E-state index is 0. The van der Waals surface area contributed by atoms with Crippen LogP contribution in [0.25, 0.3) is 0 Å². The third-order valence-electron chi connectivity index (χ3n) is 2.41. The van der Waals surface area contributed by atoms with Crippen molar-refractivity contribution in [2.75, 3.05) is 13.7 Å². The summed E-state index contributed by atoms with van der Waals surface area (Å²) in [5.41, 5.74) is 6.50. The Morgan fingerprint density at radius 3 is 2.56 bits per heavy atom. The Kier molecular flexibility index (Phi) is 9.01. The van der Waals surface area contributed by atoms with Gasteiger partial charge in [0.1, 0.15) is 0 Å². The van der Waals surface area contributed by atoms with Crippen molar-refractivity contribution in [3.05, 3.63) is 34.3 Å². The van der Waals surface area contributed by atoms with Crippen molar-refractivity contribution in [2.24, 2.45) is 5.73 Å². The number of nitrogens with one attached hydrogen (secondary N) is 1. The van der Waals surface area contributed by atoms with Crippen molar-refractivity contribution in [3.8, 4) is 0 Å². The summed E-state index contributed by atoms with van der Waals surface area (Å²) in [6.07, 6.45) is 0.0868. The lowest BCUT2D eigenvalue weighted by Gasteiger charge is -2.12. The summed E-state index contributed by atoms with van der Waals surface area (Å²) in [6, 6.07) is 7.81. The van der Waals surface area contributed by atoms with Crippen LogP contribution in [-0.4, -0.2) is 25.7 Å². The van der Waals surface area contributed by atoms with Crippen LogP contribution >= 0.6 is 28.3 Å². The van der Waals surface area contributed by atoms with Gasteiger partial charge in [-0.15, -0.1) is 12.4 Å². The smallest absolute Gasteiger partial charge is 0.222 e. The number of rotatable bonds is 6. The molecule has 18 heavy (non-hydrogen) atoms. The van der Waals surface area contributed by atoms with E-state index in [0.29, 0.717) is 19.5 Å². The standard InChI is InChI=1S/C12H17BrN2O2.ClH/c1-17-11(7-14)6-12(16)15-8-9-2-4-10(13)5-3-9;/h2-5,11H,6-8,14H2,1H3,(H,15,16);1H. The van der Waals surface area contributed by atoms with Crippen LogP contribution in [0.4, 0.5) is 0 Å². The summed E-state index contributed by atoms with van der Waals surface area (Å²) >= 11 is 3.36. The van der Waals surface area contributed by atoms with E-state index in [1.165, 1.54) is 0 Å². The minimum atomic E-state index is -0.208. The fourth-order valence-electron chi connectivity index (χ4n) is 1.34. The predicted octanol–water partition coefficient (Wildman–Crippen LogP) is 1.85. The van der Waals surface area contributed by atoms with E-state index in [4.69, 9.17) is 10.5 Å². The first kappa shape index (κ1) is 17.4. The average Bonchev–Trinajstić information content (AvgIpc) is 2.35. The molecule has 0 aliphatic rings. The first-order valence-corrected chi connectivity index (χ1v) is 6.19. The van der Waals surface area contributed by atoms with Crippen molar-refractivity contribution in [1.29, 1.82) is 0 Å². The second-order valence-electron chi connectivity index (χ2n) is 3.70. The SMILES string of the molecule is COC(CN)CC(=O)NCc1ccc(Br)cc1.Cl. The predicted molar refractivity (Wildman–Crippen MR) is 77.7 cm³/mol. The third kappa shape index (κ3) is 6.35. The molecule has 1 aromatic carbocycles. The number of hydrogen-bond acceptors (Lipinski definition) is 3. The molecule has 6 heteroatoms. The van der Waals surface area contributed by atoms with Gasteiger partial charge in [-0.3, -0.25) is 4.79 Å². The number of hydrogen-bond donors (Lipinski definition) is 2. The highest BCUT2D eigenvalue weighted by atomic mass is 79.9. The summed E-state index contributed by atoms with van der Waals surface area (Å²) < 4.78 is 6.07. The Labute approximate surface area is 122 Å². The molecule has 1 atom stereocenters. The lowest BCUT2D eigenvalue weighted by Crippen LogP contribution is -2.31. The van der Waals surface area contributed by atoms with Gasteiger partial charge in [0.05, 0.1) is 12.5 Å². The normalized spacial score (nSPS) is 11.5. The van der Waals surface area contributed by atoms with Crippen LogP contribution in [0.5, 0.6) is 0 Å². The number of carbonyl (C=O) groups is 1. The fraction of sp³-hybridized carbons (Fsp3) is 0.417. The lowest BCUT2D eigenvalue weighted by atomic mass is 10.2. The molecule has 4 nitrogen and oxygen atoms in total. The molecule has 0 aromatic heterocycles. The van der Waals surface area contributed by atoms with Gasteiger partial charge in [-0.25, -0.2) is 0 Å². The van der Waals surface area contributed by atoms with E-state index in [1.807, 2.05) is 24.3 Å². The van der Waals surface area contributed by atoms with Gasteiger partial charge in [0.15, 0.2) is 0 Å². The summed E-state index contributed by atoms with van der Waals surface area (Å²) in [6.45, 7) is 0.870. The van der Waals surface area contributed by atoms with E-state index in [1.54, 1.807) is 7.11 Å². The number of ether oxygens (including phenoxy) is 1. The molecular formula is C12H18BrClN2O2. The van der Waals surface area contributed by atoms with Crippen LogP contribution < -0.4 is 11.1 Å². The first-order chi connectivity index (χ1) is 8.15. The number of carbonyl (C=O) groups excluding carboxylic acids is 1. The highest BCUT2D eigenvalue weighted by molar-refractivity contribution is 9.10. The molecule has 0 saturated carbocycles. The summed E-state index contributed by atoms with van der Waals surface area (Å²) in [7, 11) is 1.56. The third-order valence-corrected chi connectivity index (χ3v) is 2.94.